The first kappa shape index (κ1) is 24.9. The minimum absolute atomic E-state index is 0.0146. The van der Waals surface area contributed by atoms with Crippen LogP contribution in [0.25, 0.3) is 0 Å². The summed E-state index contributed by atoms with van der Waals surface area (Å²) >= 11 is 12.0. The van der Waals surface area contributed by atoms with E-state index in [-0.39, 0.29) is 22.2 Å². The summed E-state index contributed by atoms with van der Waals surface area (Å²) in [6, 6.07) is 17.9. The van der Waals surface area contributed by atoms with Crippen molar-refractivity contribution in [1.29, 1.82) is 0 Å². The zero-order valence-corrected chi connectivity index (χ0v) is 20.2. The largest absolute Gasteiger partial charge is 0.493 e. The highest BCUT2D eigenvalue weighted by Gasteiger charge is 2.28. The number of nitrogens with one attached hydrogen (secondary N) is 1. The van der Waals surface area contributed by atoms with E-state index in [1.807, 2.05) is 6.07 Å². The SMILES string of the molecule is COc1ccc(S(=O)(=O)N(CC(=O)Nc2ccc(Cl)cc2Cl)Cc2ccccc2)cc1OC. The molecule has 0 atom stereocenters. The van der Waals surface area contributed by atoms with Crippen LogP contribution in [0.1, 0.15) is 5.56 Å². The fourth-order valence-electron chi connectivity index (χ4n) is 3.08. The third-order valence-corrected chi connectivity index (χ3v) is 7.06. The first-order valence-electron chi connectivity index (χ1n) is 9.75. The quantitative estimate of drug-likeness (QED) is 0.446. The van der Waals surface area contributed by atoms with E-state index in [0.29, 0.717) is 16.5 Å². The number of ether oxygens (including phenoxy) is 2. The van der Waals surface area contributed by atoms with E-state index >= 15 is 0 Å². The van der Waals surface area contributed by atoms with Crippen LogP contribution in [0.3, 0.4) is 0 Å². The van der Waals surface area contributed by atoms with Crippen LogP contribution < -0.4 is 14.8 Å². The first-order chi connectivity index (χ1) is 15.7. The van der Waals surface area contributed by atoms with E-state index < -0.39 is 22.5 Å². The minimum Gasteiger partial charge on any atom is -0.493 e. The molecule has 174 valence electrons. The van der Waals surface area contributed by atoms with Crippen molar-refractivity contribution in [2.45, 2.75) is 11.4 Å². The minimum atomic E-state index is -4.08. The van der Waals surface area contributed by atoms with Gasteiger partial charge in [-0.15, -0.1) is 0 Å². The molecule has 0 aliphatic rings. The predicted octanol–water partition coefficient (Wildman–Crippen LogP) is 4.84. The van der Waals surface area contributed by atoms with Gasteiger partial charge in [0.05, 0.1) is 36.4 Å². The van der Waals surface area contributed by atoms with Gasteiger partial charge in [0, 0.05) is 17.6 Å². The van der Waals surface area contributed by atoms with Crippen LogP contribution in [0.2, 0.25) is 10.0 Å². The number of hydrogen-bond acceptors (Lipinski definition) is 5. The summed E-state index contributed by atoms with van der Waals surface area (Å²) in [5, 5.41) is 3.30. The highest BCUT2D eigenvalue weighted by atomic mass is 35.5. The number of carbonyl (C=O) groups excluding carboxylic acids is 1. The van der Waals surface area contributed by atoms with Gasteiger partial charge in [0.25, 0.3) is 0 Å². The molecule has 0 fully saturated rings. The molecule has 0 saturated carbocycles. The molecule has 10 heteroatoms. The van der Waals surface area contributed by atoms with Crippen molar-refractivity contribution < 1.29 is 22.7 Å². The molecule has 0 saturated heterocycles. The van der Waals surface area contributed by atoms with Crippen LogP contribution in [0, 0.1) is 0 Å². The van der Waals surface area contributed by atoms with E-state index in [1.165, 1.54) is 38.5 Å². The Hall–Kier alpha value is -2.78. The first-order valence-corrected chi connectivity index (χ1v) is 11.9. The number of anilines is 1. The lowest BCUT2D eigenvalue weighted by atomic mass is 10.2. The summed E-state index contributed by atoms with van der Waals surface area (Å²) in [7, 11) is -1.20. The highest BCUT2D eigenvalue weighted by molar-refractivity contribution is 7.89. The van der Waals surface area contributed by atoms with Gasteiger partial charge in [0.1, 0.15) is 0 Å². The lowest BCUT2D eigenvalue weighted by Crippen LogP contribution is -2.37. The zero-order valence-electron chi connectivity index (χ0n) is 17.9. The third kappa shape index (κ3) is 6.17. The number of nitrogens with zero attached hydrogens (tertiary/aromatic N) is 1. The Bertz CT molecular complexity index is 1240. The Morgan fingerprint density at radius 2 is 1.64 bits per heavy atom. The Balaban J connectivity index is 1.92. The maximum Gasteiger partial charge on any atom is 0.243 e. The molecule has 0 aromatic heterocycles. The van der Waals surface area contributed by atoms with Crippen molar-refractivity contribution in [2.24, 2.45) is 0 Å². The summed E-state index contributed by atoms with van der Waals surface area (Å²) < 4.78 is 38.5. The van der Waals surface area contributed by atoms with E-state index in [2.05, 4.69) is 5.32 Å². The Morgan fingerprint density at radius 3 is 2.27 bits per heavy atom. The maximum atomic E-state index is 13.5. The number of hydrogen-bond donors (Lipinski definition) is 1. The number of amides is 1. The monoisotopic (exact) mass is 508 g/mol. The molecular weight excluding hydrogens is 487 g/mol. The lowest BCUT2D eigenvalue weighted by molar-refractivity contribution is -0.116. The molecular formula is C23H22Cl2N2O5S. The highest BCUT2D eigenvalue weighted by Crippen LogP contribution is 2.31. The Labute approximate surface area is 202 Å². The molecule has 1 amide bonds. The van der Waals surface area contributed by atoms with Crippen LogP contribution in [0.5, 0.6) is 11.5 Å². The molecule has 0 bridgehead atoms. The average Bonchev–Trinajstić information content (AvgIpc) is 2.80. The maximum absolute atomic E-state index is 13.5. The van der Waals surface area contributed by atoms with E-state index in [9.17, 15) is 13.2 Å². The van der Waals surface area contributed by atoms with Crippen LogP contribution in [0.4, 0.5) is 5.69 Å². The molecule has 3 aromatic carbocycles. The number of rotatable bonds is 9. The van der Waals surface area contributed by atoms with Crippen molar-refractivity contribution in [3.05, 3.63) is 82.3 Å². The van der Waals surface area contributed by atoms with Gasteiger partial charge in [-0.3, -0.25) is 4.79 Å². The summed E-state index contributed by atoms with van der Waals surface area (Å²) in [5.41, 5.74) is 1.05. The molecule has 7 nitrogen and oxygen atoms in total. The molecule has 0 spiro atoms. The Kier molecular flexibility index (Phi) is 8.20. The summed E-state index contributed by atoms with van der Waals surface area (Å²) in [5.74, 6) is 0.0935. The molecule has 3 aromatic rings. The zero-order chi connectivity index (χ0) is 24.0. The molecule has 0 aliphatic heterocycles. The molecule has 0 radical (unpaired) electrons. The summed E-state index contributed by atoms with van der Waals surface area (Å²) in [6.07, 6.45) is 0. The van der Waals surface area contributed by atoms with Gasteiger partial charge in [-0.1, -0.05) is 53.5 Å². The second-order valence-corrected chi connectivity index (χ2v) is 9.73. The fourth-order valence-corrected chi connectivity index (χ4v) is 4.94. The van der Waals surface area contributed by atoms with E-state index in [4.69, 9.17) is 32.7 Å². The number of benzene rings is 3. The molecule has 0 unspecified atom stereocenters. The van der Waals surface area contributed by atoms with Crippen molar-refractivity contribution >= 4 is 44.8 Å². The summed E-state index contributed by atoms with van der Waals surface area (Å²) in [6.45, 7) is -0.455. The standard InChI is InChI=1S/C23H22Cl2N2O5S/c1-31-21-11-9-18(13-22(21)32-2)33(29,30)27(14-16-6-4-3-5-7-16)15-23(28)26-20-10-8-17(24)12-19(20)25/h3-13H,14-15H2,1-2H3,(H,26,28). The van der Waals surface area contributed by atoms with Gasteiger partial charge in [-0.25, -0.2) is 8.42 Å². The second kappa shape index (κ2) is 10.9. The van der Waals surface area contributed by atoms with Crippen LogP contribution in [0.15, 0.2) is 71.6 Å². The van der Waals surface area contributed by atoms with Gasteiger partial charge in [0.15, 0.2) is 11.5 Å². The number of sulfonamides is 1. The van der Waals surface area contributed by atoms with Gasteiger partial charge >= 0.3 is 0 Å². The molecule has 1 N–H and O–H groups in total. The number of carbonyl (C=O) groups is 1. The van der Waals surface area contributed by atoms with Crippen molar-refractivity contribution in [3.8, 4) is 11.5 Å². The normalized spacial score (nSPS) is 11.3. The fraction of sp³-hybridized carbons (Fsp3) is 0.174. The van der Waals surface area contributed by atoms with E-state index in [0.717, 1.165) is 9.87 Å². The van der Waals surface area contributed by atoms with Gasteiger partial charge in [-0.05, 0) is 35.9 Å². The predicted molar refractivity (Wildman–Crippen MR) is 129 cm³/mol. The van der Waals surface area contributed by atoms with Crippen LogP contribution >= 0.6 is 23.2 Å². The topological polar surface area (TPSA) is 84.9 Å². The molecule has 0 heterocycles. The van der Waals surface area contributed by atoms with Crippen molar-refractivity contribution in [2.75, 3.05) is 26.1 Å². The smallest absolute Gasteiger partial charge is 0.243 e. The molecule has 33 heavy (non-hydrogen) atoms. The average molecular weight is 509 g/mol. The number of halogens is 2. The van der Waals surface area contributed by atoms with Gasteiger partial charge < -0.3 is 14.8 Å². The van der Waals surface area contributed by atoms with E-state index in [1.54, 1.807) is 36.4 Å². The van der Waals surface area contributed by atoms with Gasteiger partial charge in [-0.2, -0.15) is 4.31 Å². The van der Waals surface area contributed by atoms with Gasteiger partial charge in [0.2, 0.25) is 15.9 Å². The second-order valence-electron chi connectivity index (χ2n) is 6.95. The van der Waals surface area contributed by atoms with Crippen LogP contribution in [-0.2, 0) is 21.4 Å². The summed E-state index contributed by atoms with van der Waals surface area (Å²) in [4.78, 5) is 12.8. The van der Waals surface area contributed by atoms with Crippen molar-refractivity contribution in [1.82, 2.24) is 4.31 Å². The lowest BCUT2D eigenvalue weighted by Gasteiger charge is -2.22. The molecule has 3 rings (SSSR count). The van der Waals surface area contributed by atoms with Crippen molar-refractivity contribution in [3.63, 3.8) is 0 Å². The Morgan fingerprint density at radius 1 is 0.939 bits per heavy atom. The third-order valence-electron chi connectivity index (χ3n) is 4.72. The van der Waals surface area contributed by atoms with Crippen LogP contribution in [-0.4, -0.2) is 39.4 Å². The molecule has 0 aliphatic carbocycles. The number of methoxy groups -OCH3 is 2.